The van der Waals surface area contributed by atoms with E-state index in [1.165, 1.54) is 9.54 Å². The second-order valence-electron chi connectivity index (χ2n) is 7.57. The van der Waals surface area contributed by atoms with Gasteiger partial charge in [0.15, 0.2) is 0 Å². The lowest BCUT2D eigenvalue weighted by Gasteiger charge is -2.13. The monoisotopic (exact) mass is 414 g/mol. The van der Waals surface area contributed by atoms with Crippen molar-refractivity contribution in [1.29, 1.82) is 0 Å². The lowest BCUT2D eigenvalue weighted by Crippen LogP contribution is -2.13. The Balaban J connectivity index is 1.86. The van der Waals surface area contributed by atoms with Gasteiger partial charge in [0.05, 0.1) is 15.9 Å². The molecule has 3 aromatic carbocycles. The van der Waals surface area contributed by atoms with E-state index in [4.69, 9.17) is 0 Å². The van der Waals surface area contributed by atoms with E-state index in [1.807, 2.05) is 55.5 Å². The zero-order valence-corrected chi connectivity index (χ0v) is 17.7. The largest absolute Gasteiger partial charge is 0.342 e. The molecule has 0 aliphatic carbocycles. The Labute approximate surface area is 176 Å². The number of nitrogens with zero attached hydrogens (tertiary/aromatic N) is 2. The Morgan fingerprint density at radius 3 is 2.03 bits per heavy atom. The third-order valence-corrected chi connectivity index (χ3v) is 7.54. The Bertz CT molecular complexity index is 1480. The molecule has 0 N–H and O–H groups in total. The highest BCUT2D eigenvalue weighted by Gasteiger charge is 2.27. The Kier molecular flexibility index (Phi) is 4.29. The van der Waals surface area contributed by atoms with Crippen LogP contribution >= 0.6 is 0 Å². The predicted molar refractivity (Wildman–Crippen MR) is 121 cm³/mol. The van der Waals surface area contributed by atoms with Crippen LogP contribution in [0.4, 0.5) is 0 Å². The fourth-order valence-corrected chi connectivity index (χ4v) is 5.96. The number of aryl methyl sites for hydroxylation is 2. The summed E-state index contributed by atoms with van der Waals surface area (Å²) in [6.07, 6.45) is 0. The maximum absolute atomic E-state index is 13.7. The van der Waals surface area contributed by atoms with Gasteiger partial charge in [-0.2, -0.15) is 0 Å². The second-order valence-corrected chi connectivity index (χ2v) is 9.35. The van der Waals surface area contributed by atoms with Crippen LogP contribution in [0.1, 0.15) is 17.0 Å². The molecule has 5 heteroatoms. The number of rotatable bonds is 4. The van der Waals surface area contributed by atoms with Crippen molar-refractivity contribution in [2.45, 2.75) is 25.3 Å². The van der Waals surface area contributed by atoms with Gasteiger partial charge in [0, 0.05) is 28.7 Å². The standard InChI is InChI=1S/C25H22N2O2S/c1-18-24-22-15-9-10-16-23(22)27(30(28,29)21-13-7-4-8-14-21)25(24)19(2)26(18)17-20-11-5-3-6-12-20/h3-16H,17H2,1-2H3. The Morgan fingerprint density at radius 1 is 0.733 bits per heavy atom. The number of aromatic nitrogens is 2. The number of benzene rings is 3. The van der Waals surface area contributed by atoms with Gasteiger partial charge in [0.1, 0.15) is 0 Å². The number of para-hydroxylation sites is 1. The molecular weight excluding hydrogens is 392 g/mol. The Hall–Kier alpha value is -3.31. The van der Waals surface area contributed by atoms with E-state index in [9.17, 15) is 8.42 Å². The van der Waals surface area contributed by atoms with E-state index in [0.29, 0.717) is 17.0 Å². The van der Waals surface area contributed by atoms with Gasteiger partial charge in [0.2, 0.25) is 0 Å². The van der Waals surface area contributed by atoms with Crippen molar-refractivity contribution in [3.8, 4) is 0 Å². The normalized spacial score (nSPS) is 12.1. The van der Waals surface area contributed by atoms with E-state index in [-0.39, 0.29) is 0 Å². The molecule has 0 aliphatic rings. The van der Waals surface area contributed by atoms with E-state index in [2.05, 4.69) is 23.6 Å². The molecule has 0 saturated heterocycles. The van der Waals surface area contributed by atoms with Crippen molar-refractivity contribution in [3.63, 3.8) is 0 Å². The van der Waals surface area contributed by atoms with E-state index >= 15 is 0 Å². The quantitative estimate of drug-likeness (QED) is 0.390. The summed E-state index contributed by atoms with van der Waals surface area (Å²) in [6.45, 7) is 4.78. The second kappa shape index (κ2) is 6.89. The molecule has 2 heterocycles. The molecule has 5 rings (SSSR count). The molecule has 0 amide bonds. The minimum Gasteiger partial charge on any atom is -0.342 e. The predicted octanol–water partition coefficient (Wildman–Crippen LogP) is 5.50. The van der Waals surface area contributed by atoms with Gasteiger partial charge >= 0.3 is 0 Å². The molecular formula is C25H22N2O2S. The molecule has 0 saturated carbocycles. The van der Waals surface area contributed by atoms with Crippen molar-refractivity contribution >= 4 is 31.8 Å². The van der Waals surface area contributed by atoms with Crippen molar-refractivity contribution in [2.24, 2.45) is 0 Å². The summed E-state index contributed by atoms with van der Waals surface area (Å²) in [5.41, 5.74) is 4.67. The first-order chi connectivity index (χ1) is 14.5. The molecule has 0 spiro atoms. The SMILES string of the molecule is Cc1c2c3ccccc3n(S(=O)(=O)c3ccccc3)c2c(C)n1Cc1ccccc1. The molecule has 0 bridgehead atoms. The zero-order chi connectivity index (χ0) is 20.9. The molecule has 30 heavy (non-hydrogen) atoms. The summed E-state index contributed by atoms with van der Waals surface area (Å²) >= 11 is 0. The molecule has 0 aliphatic heterocycles. The van der Waals surface area contributed by atoms with Crippen LogP contribution in [0.15, 0.2) is 89.8 Å². The number of hydrogen-bond acceptors (Lipinski definition) is 2. The fourth-order valence-electron chi connectivity index (χ4n) is 4.37. The van der Waals surface area contributed by atoms with Crippen molar-refractivity contribution in [2.75, 3.05) is 0 Å². The van der Waals surface area contributed by atoms with Gasteiger partial charge in [-0.05, 0) is 37.6 Å². The van der Waals surface area contributed by atoms with E-state index < -0.39 is 10.0 Å². The molecule has 0 unspecified atom stereocenters. The van der Waals surface area contributed by atoms with Crippen LogP contribution < -0.4 is 0 Å². The minimum atomic E-state index is -3.74. The van der Waals surface area contributed by atoms with E-state index in [1.54, 1.807) is 24.3 Å². The maximum atomic E-state index is 13.7. The number of hydrogen-bond donors (Lipinski definition) is 0. The maximum Gasteiger partial charge on any atom is 0.268 e. The molecule has 0 radical (unpaired) electrons. The van der Waals surface area contributed by atoms with Crippen molar-refractivity contribution in [3.05, 3.63) is 102 Å². The van der Waals surface area contributed by atoms with Gasteiger partial charge in [-0.25, -0.2) is 12.4 Å². The first kappa shape index (κ1) is 18.7. The highest BCUT2D eigenvalue weighted by atomic mass is 32.2. The molecule has 0 fully saturated rings. The topological polar surface area (TPSA) is 44.0 Å². The van der Waals surface area contributed by atoms with Crippen LogP contribution in [0.25, 0.3) is 21.8 Å². The zero-order valence-electron chi connectivity index (χ0n) is 16.9. The lowest BCUT2D eigenvalue weighted by molar-refractivity contribution is 0.590. The van der Waals surface area contributed by atoms with Crippen LogP contribution in [0.2, 0.25) is 0 Å². The molecule has 5 aromatic rings. The van der Waals surface area contributed by atoms with Crippen LogP contribution in [0.3, 0.4) is 0 Å². The first-order valence-electron chi connectivity index (χ1n) is 9.93. The summed E-state index contributed by atoms with van der Waals surface area (Å²) < 4.78 is 31.2. The Morgan fingerprint density at radius 2 is 1.33 bits per heavy atom. The summed E-state index contributed by atoms with van der Waals surface area (Å²) in [6, 6.07) is 26.6. The summed E-state index contributed by atoms with van der Waals surface area (Å²) in [5, 5.41) is 1.96. The average Bonchev–Trinajstić information content (AvgIpc) is 3.24. The minimum absolute atomic E-state index is 0.292. The molecule has 150 valence electrons. The summed E-state index contributed by atoms with van der Waals surface area (Å²) in [5.74, 6) is 0. The smallest absolute Gasteiger partial charge is 0.268 e. The third-order valence-electron chi connectivity index (χ3n) is 5.81. The highest BCUT2D eigenvalue weighted by Crippen LogP contribution is 2.38. The average molecular weight is 415 g/mol. The van der Waals surface area contributed by atoms with Gasteiger partial charge in [-0.15, -0.1) is 0 Å². The number of fused-ring (bicyclic) bond motifs is 3. The summed E-state index contributed by atoms with van der Waals surface area (Å²) in [4.78, 5) is 0.292. The first-order valence-corrected chi connectivity index (χ1v) is 11.4. The lowest BCUT2D eigenvalue weighted by atomic mass is 10.2. The fraction of sp³-hybridized carbons (Fsp3) is 0.120. The van der Waals surface area contributed by atoms with Crippen LogP contribution in [-0.4, -0.2) is 17.0 Å². The van der Waals surface area contributed by atoms with Gasteiger partial charge < -0.3 is 4.57 Å². The third kappa shape index (κ3) is 2.70. The van der Waals surface area contributed by atoms with Crippen molar-refractivity contribution in [1.82, 2.24) is 8.54 Å². The van der Waals surface area contributed by atoms with E-state index in [0.717, 1.165) is 27.7 Å². The molecule has 0 atom stereocenters. The van der Waals surface area contributed by atoms with Gasteiger partial charge in [0.25, 0.3) is 10.0 Å². The van der Waals surface area contributed by atoms with Crippen molar-refractivity contribution < 1.29 is 8.42 Å². The van der Waals surface area contributed by atoms with Gasteiger partial charge in [-0.3, -0.25) is 0 Å². The summed E-state index contributed by atoms with van der Waals surface area (Å²) in [7, 11) is -3.74. The van der Waals surface area contributed by atoms with Crippen LogP contribution in [-0.2, 0) is 16.6 Å². The van der Waals surface area contributed by atoms with Crippen LogP contribution in [0.5, 0.6) is 0 Å². The molecule has 2 aromatic heterocycles. The van der Waals surface area contributed by atoms with Crippen LogP contribution in [0, 0.1) is 13.8 Å². The highest BCUT2D eigenvalue weighted by molar-refractivity contribution is 7.90. The molecule has 4 nitrogen and oxygen atoms in total. The van der Waals surface area contributed by atoms with Gasteiger partial charge in [-0.1, -0.05) is 66.7 Å².